The Morgan fingerprint density at radius 2 is 2.12 bits per heavy atom. The molecule has 7 heteroatoms. The van der Waals surface area contributed by atoms with Gasteiger partial charge in [0.25, 0.3) is 0 Å². The summed E-state index contributed by atoms with van der Waals surface area (Å²) in [6, 6.07) is 6.14. The van der Waals surface area contributed by atoms with Gasteiger partial charge >= 0.3 is 5.97 Å². The Labute approximate surface area is 143 Å². The number of carbonyl (C=O) groups is 1. The second kappa shape index (κ2) is 6.84. The average molecular weight is 343 g/mol. The first-order valence-electron chi connectivity index (χ1n) is 7.50. The maximum Gasteiger partial charge on any atom is 0.338 e. The summed E-state index contributed by atoms with van der Waals surface area (Å²) < 4.78 is 5.18. The van der Waals surface area contributed by atoms with E-state index in [1.165, 1.54) is 11.3 Å². The lowest BCUT2D eigenvalue weighted by Gasteiger charge is -2.25. The number of nitrogens with zero attached hydrogens (tertiary/aromatic N) is 2. The molecule has 2 N–H and O–H groups in total. The van der Waals surface area contributed by atoms with Gasteiger partial charge in [-0.05, 0) is 31.5 Å². The molecule has 1 atom stereocenters. The van der Waals surface area contributed by atoms with Crippen molar-refractivity contribution < 1.29 is 14.6 Å². The standard InChI is InChI=1S/C17H17N3O3S/c1-3-23-17(22)14-10(2)19-16(13-8-24-9-18-13)20-15(14)11-4-6-12(21)7-5-11/h4-9,15,21H,3H2,1-2H3,(H,19,20). The number of aromatic nitrogens is 1. The highest BCUT2D eigenvalue weighted by molar-refractivity contribution is 7.07. The highest BCUT2D eigenvalue weighted by Crippen LogP contribution is 2.33. The monoisotopic (exact) mass is 343 g/mol. The predicted molar refractivity (Wildman–Crippen MR) is 92.0 cm³/mol. The minimum Gasteiger partial charge on any atom is -0.508 e. The number of thiazole rings is 1. The summed E-state index contributed by atoms with van der Waals surface area (Å²) in [5, 5.41) is 14.5. The van der Waals surface area contributed by atoms with Crippen LogP contribution in [0.4, 0.5) is 0 Å². The first-order chi connectivity index (χ1) is 11.6. The van der Waals surface area contributed by atoms with E-state index in [0.29, 0.717) is 23.7 Å². The molecule has 1 aromatic carbocycles. The Morgan fingerprint density at radius 1 is 1.38 bits per heavy atom. The molecular formula is C17H17N3O3S. The Kier molecular flexibility index (Phi) is 4.61. The minimum atomic E-state index is -0.511. The van der Waals surface area contributed by atoms with Crippen LogP contribution in [0.1, 0.15) is 31.1 Å². The molecule has 1 aliphatic heterocycles. The van der Waals surface area contributed by atoms with Crippen molar-refractivity contribution in [3.05, 3.63) is 57.7 Å². The molecule has 0 radical (unpaired) electrons. The van der Waals surface area contributed by atoms with Crippen molar-refractivity contribution in [1.82, 2.24) is 10.3 Å². The van der Waals surface area contributed by atoms with Crippen LogP contribution < -0.4 is 5.32 Å². The molecule has 2 heterocycles. The molecule has 0 saturated carbocycles. The lowest BCUT2D eigenvalue weighted by molar-refractivity contribution is -0.138. The summed E-state index contributed by atoms with van der Waals surface area (Å²) in [6.45, 7) is 3.88. The predicted octanol–water partition coefficient (Wildman–Crippen LogP) is 2.78. The molecule has 3 rings (SSSR count). The van der Waals surface area contributed by atoms with Gasteiger partial charge < -0.3 is 15.2 Å². The molecule has 124 valence electrons. The highest BCUT2D eigenvalue weighted by Gasteiger charge is 2.30. The van der Waals surface area contributed by atoms with Gasteiger partial charge in [0, 0.05) is 11.1 Å². The molecule has 0 saturated heterocycles. The number of hydrogen-bond acceptors (Lipinski definition) is 7. The summed E-state index contributed by atoms with van der Waals surface area (Å²) in [6.07, 6.45) is 0. The maximum absolute atomic E-state index is 12.4. The smallest absolute Gasteiger partial charge is 0.338 e. The Balaban J connectivity index is 2.06. The van der Waals surface area contributed by atoms with Crippen molar-refractivity contribution in [3.63, 3.8) is 0 Å². The molecule has 1 aliphatic rings. The van der Waals surface area contributed by atoms with E-state index in [1.807, 2.05) is 12.3 Å². The molecule has 2 aromatic rings. The van der Waals surface area contributed by atoms with E-state index in [4.69, 9.17) is 4.74 Å². The number of hydrogen-bond donors (Lipinski definition) is 2. The van der Waals surface area contributed by atoms with E-state index in [9.17, 15) is 9.90 Å². The van der Waals surface area contributed by atoms with Gasteiger partial charge in [0.1, 0.15) is 17.5 Å². The fourth-order valence-electron chi connectivity index (χ4n) is 2.51. The molecule has 0 bridgehead atoms. The molecular weight excluding hydrogens is 326 g/mol. The molecule has 0 aliphatic carbocycles. The number of phenolic OH excluding ortho intramolecular Hbond substituents is 1. The summed E-state index contributed by atoms with van der Waals surface area (Å²) in [5.74, 6) is 0.372. The van der Waals surface area contributed by atoms with Crippen molar-refractivity contribution in [3.8, 4) is 5.75 Å². The van der Waals surface area contributed by atoms with Gasteiger partial charge in [0.15, 0.2) is 5.84 Å². The first kappa shape index (κ1) is 16.2. The fraction of sp³-hybridized carbons (Fsp3) is 0.235. The number of phenols is 1. The zero-order chi connectivity index (χ0) is 17.1. The molecule has 24 heavy (non-hydrogen) atoms. The first-order valence-corrected chi connectivity index (χ1v) is 8.44. The number of esters is 1. The van der Waals surface area contributed by atoms with Crippen molar-refractivity contribution in [2.75, 3.05) is 6.61 Å². The summed E-state index contributed by atoms with van der Waals surface area (Å²) in [7, 11) is 0. The third-order valence-corrected chi connectivity index (χ3v) is 4.21. The van der Waals surface area contributed by atoms with Gasteiger partial charge in [-0.25, -0.2) is 9.78 Å². The van der Waals surface area contributed by atoms with Crippen LogP contribution in [-0.2, 0) is 9.53 Å². The van der Waals surface area contributed by atoms with E-state index >= 15 is 0 Å². The van der Waals surface area contributed by atoms with Gasteiger partial charge in [-0.3, -0.25) is 4.99 Å². The van der Waals surface area contributed by atoms with Crippen LogP contribution in [0.5, 0.6) is 5.75 Å². The van der Waals surface area contributed by atoms with Crippen molar-refractivity contribution in [2.24, 2.45) is 4.99 Å². The van der Waals surface area contributed by atoms with Crippen LogP contribution in [0.15, 0.2) is 51.4 Å². The summed E-state index contributed by atoms with van der Waals surface area (Å²) in [4.78, 5) is 21.3. The molecule has 0 fully saturated rings. The molecule has 0 amide bonds. The number of amidine groups is 1. The van der Waals surface area contributed by atoms with Crippen LogP contribution in [-0.4, -0.2) is 28.5 Å². The van der Waals surface area contributed by atoms with Crippen LogP contribution in [0.25, 0.3) is 0 Å². The van der Waals surface area contributed by atoms with E-state index in [-0.39, 0.29) is 5.75 Å². The number of carbonyl (C=O) groups excluding carboxylic acids is 1. The molecule has 1 unspecified atom stereocenters. The van der Waals surface area contributed by atoms with E-state index in [0.717, 1.165) is 11.3 Å². The van der Waals surface area contributed by atoms with Crippen LogP contribution in [0.3, 0.4) is 0 Å². The number of rotatable bonds is 4. The second-order valence-electron chi connectivity index (χ2n) is 5.23. The number of allylic oxidation sites excluding steroid dienone is 1. The SMILES string of the molecule is CCOC(=O)C1=C(C)NC(c2cscn2)=NC1c1ccc(O)cc1. The fourth-order valence-corrected chi connectivity index (χ4v) is 3.04. The Hall–Kier alpha value is -2.67. The van der Waals surface area contributed by atoms with Crippen LogP contribution >= 0.6 is 11.3 Å². The largest absolute Gasteiger partial charge is 0.508 e. The molecule has 6 nitrogen and oxygen atoms in total. The van der Waals surface area contributed by atoms with Crippen molar-refractivity contribution in [2.45, 2.75) is 19.9 Å². The number of benzene rings is 1. The highest BCUT2D eigenvalue weighted by atomic mass is 32.1. The second-order valence-corrected chi connectivity index (χ2v) is 5.95. The normalized spacial score (nSPS) is 17.2. The zero-order valence-corrected chi connectivity index (χ0v) is 14.1. The minimum absolute atomic E-state index is 0.162. The zero-order valence-electron chi connectivity index (χ0n) is 13.3. The van der Waals surface area contributed by atoms with Crippen LogP contribution in [0.2, 0.25) is 0 Å². The molecule has 1 aromatic heterocycles. The quantitative estimate of drug-likeness (QED) is 0.834. The van der Waals surface area contributed by atoms with Crippen molar-refractivity contribution >= 4 is 23.1 Å². The van der Waals surface area contributed by atoms with E-state index in [1.54, 1.807) is 36.7 Å². The Bertz CT molecular complexity index is 795. The molecule has 0 spiro atoms. The van der Waals surface area contributed by atoms with Gasteiger partial charge in [0.2, 0.25) is 0 Å². The van der Waals surface area contributed by atoms with Gasteiger partial charge in [-0.1, -0.05) is 12.1 Å². The summed E-state index contributed by atoms with van der Waals surface area (Å²) in [5.41, 5.74) is 4.40. The van der Waals surface area contributed by atoms with Gasteiger partial charge in [0.05, 0.1) is 17.7 Å². The van der Waals surface area contributed by atoms with E-state index < -0.39 is 12.0 Å². The number of aromatic hydroxyl groups is 1. The van der Waals surface area contributed by atoms with E-state index in [2.05, 4.69) is 15.3 Å². The Morgan fingerprint density at radius 3 is 2.75 bits per heavy atom. The van der Waals surface area contributed by atoms with Crippen LogP contribution in [0, 0.1) is 0 Å². The summed E-state index contributed by atoms with van der Waals surface area (Å²) >= 11 is 1.48. The average Bonchev–Trinajstić information content (AvgIpc) is 3.09. The van der Waals surface area contributed by atoms with Gasteiger partial charge in [-0.15, -0.1) is 11.3 Å². The number of ether oxygens (including phenoxy) is 1. The number of nitrogens with one attached hydrogen (secondary N) is 1. The third-order valence-electron chi connectivity index (χ3n) is 3.62. The third kappa shape index (κ3) is 3.16. The topological polar surface area (TPSA) is 83.8 Å². The van der Waals surface area contributed by atoms with Crippen molar-refractivity contribution in [1.29, 1.82) is 0 Å². The number of aliphatic imine (C=N–C) groups is 1. The van der Waals surface area contributed by atoms with Gasteiger partial charge in [-0.2, -0.15) is 0 Å². The lowest BCUT2D eigenvalue weighted by Crippen LogP contribution is -2.33. The maximum atomic E-state index is 12.4. The lowest BCUT2D eigenvalue weighted by atomic mass is 9.96.